The lowest BCUT2D eigenvalue weighted by atomic mass is 10.2. The van der Waals surface area contributed by atoms with Gasteiger partial charge >= 0.3 is 0 Å². The molecule has 0 saturated carbocycles. The van der Waals surface area contributed by atoms with Crippen LogP contribution in [0.4, 0.5) is 0 Å². The minimum absolute atomic E-state index is 0.120. The van der Waals surface area contributed by atoms with Gasteiger partial charge in [0.1, 0.15) is 5.75 Å². The molecule has 1 aromatic carbocycles. The van der Waals surface area contributed by atoms with Gasteiger partial charge in [0.05, 0.1) is 6.10 Å². The molecule has 23 heavy (non-hydrogen) atoms. The van der Waals surface area contributed by atoms with Crippen LogP contribution in [0.25, 0.3) is 0 Å². The average Bonchev–Trinajstić information content (AvgIpc) is 2.60. The molecule has 0 aliphatic carbocycles. The summed E-state index contributed by atoms with van der Waals surface area (Å²) in [6.45, 7) is 4.02. The van der Waals surface area contributed by atoms with Crippen molar-refractivity contribution in [1.29, 1.82) is 0 Å². The lowest BCUT2D eigenvalue weighted by Gasteiger charge is -2.13. The fourth-order valence-electron chi connectivity index (χ4n) is 1.76. The Labute approximate surface area is 134 Å². The van der Waals surface area contributed by atoms with Crippen LogP contribution >= 0.6 is 0 Å². The molecule has 0 spiro atoms. The van der Waals surface area contributed by atoms with Crippen molar-refractivity contribution in [2.24, 2.45) is 0 Å². The number of amides is 2. The highest BCUT2D eigenvalue weighted by atomic mass is 16.5. The highest BCUT2D eigenvalue weighted by Gasteiger charge is 2.09. The maximum atomic E-state index is 12.0. The second-order valence-corrected chi connectivity index (χ2v) is 5.01. The number of aromatic nitrogens is 1. The summed E-state index contributed by atoms with van der Waals surface area (Å²) in [6, 6.07) is 9.86. The van der Waals surface area contributed by atoms with Gasteiger partial charge in [-0.25, -0.2) is 0 Å². The van der Waals surface area contributed by atoms with E-state index in [0.717, 1.165) is 6.42 Å². The van der Waals surface area contributed by atoms with E-state index in [4.69, 9.17) is 4.74 Å². The zero-order chi connectivity index (χ0) is 16.7. The summed E-state index contributed by atoms with van der Waals surface area (Å²) in [5.41, 5.74) is 5.57. The number of hydrogen-bond donors (Lipinski definition) is 2. The molecular formula is C17H19N3O3. The topological polar surface area (TPSA) is 80.3 Å². The van der Waals surface area contributed by atoms with E-state index in [1.807, 2.05) is 13.8 Å². The Morgan fingerprint density at radius 1 is 1.00 bits per heavy atom. The molecule has 0 bridgehead atoms. The third-order valence-electron chi connectivity index (χ3n) is 3.26. The highest BCUT2D eigenvalue weighted by Crippen LogP contribution is 2.14. The van der Waals surface area contributed by atoms with Gasteiger partial charge in [-0.1, -0.05) is 6.92 Å². The molecule has 2 rings (SSSR count). The predicted molar refractivity (Wildman–Crippen MR) is 86.0 cm³/mol. The first-order valence-electron chi connectivity index (χ1n) is 7.37. The van der Waals surface area contributed by atoms with Crippen LogP contribution in [0.3, 0.4) is 0 Å². The molecule has 2 aromatic rings. The fraction of sp³-hybridized carbons (Fsp3) is 0.235. The molecule has 2 amide bonds. The smallest absolute Gasteiger partial charge is 0.269 e. The summed E-state index contributed by atoms with van der Waals surface area (Å²) in [4.78, 5) is 27.6. The van der Waals surface area contributed by atoms with E-state index >= 15 is 0 Å². The molecule has 0 fully saturated rings. The molecule has 6 nitrogen and oxygen atoms in total. The average molecular weight is 313 g/mol. The lowest BCUT2D eigenvalue weighted by molar-refractivity contribution is 0.0846. The van der Waals surface area contributed by atoms with Crippen LogP contribution in [-0.4, -0.2) is 22.9 Å². The summed E-state index contributed by atoms with van der Waals surface area (Å²) in [7, 11) is 0. The van der Waals surface area contributed by atoms with Crippen molar-refractivity contribution in [3.63, 3.8) is 0 Å². The van der Waals surface area contributed by atoms with Gasteiger partial charge in [-0.05, 0) is 49.7 Å². The molecule has 1 aromatic heterocycles. The normalized spacial score (nSPS) is 11.4. The number of benzene rings is 1. The Morgan fingerprint density at radius 3 is 2.04 bits per heavy atom. The van der Waals surface area contributed by atoms with Crippen molar-refractivity contribution in [2.45, 2.75) is 26.4 Å². The molecule has 2 N–H and O–H groups in total. The Kier molecular flexibility index (Phi) is 5.68. The van der Waals surface area contributed by atoms with Crippen molar-refractivity contribution in [3.05, 3.63) is 59.9 Å². The Hall–Kier alpha value is -2.89. The van der Waals surface area contributed by atoms with E-state index in [2.05, 4.69) is 15.8 Å². The number of carbonyl (C=O) groups is 2. The number of hydrogen-bond acceptors (Lipinski definition) is 4. The maximum Gasteiger partial charge on any atom is 0.269 e. The van der Waals surface area contributed by atoms with E-state index in [9.17, 15) is 9.59 Å². The first kappa shape index (κ1) is 16.5. The zero-order valence-electron chi connectivity index (χ0n) is 13.1. The van der Waals surface area contributed by atoms with E-state index < -0.39 is 11.8 Å². The summed E-state index contributed by atoms with van der Waals surface area (Å²) < 4.78 is 5.65. The number of ether oxygens (including phenoxy) is 1. The standard InChI is InChI=1S/C17H19N3O3/c1-3-12(2)23-15-6-4-13(5-7-15)16(21)19-20-17(22)14-8-10-18-11-9-14/h4-12H,3H2,1-2H3,(H,19,21)(H,20,22)/t12-/m1/s1. The Morgan fingerprint density at radius 2 is 1.52 bits per heavy atom. The van der Waals surface area contributed by atoms with Crippen molar-refractivity contribution < 1.29 is 14.3 Å². The number of pyridine rings is 1. The van der Waals surface area contributed by atoms with Gasteiger partial charge in [0, 0.05) is 23.5 Å². The van der Waals surface area contributed by atoms with Crippen LogP contribution in [0, 0.1) is 0 Å². The quantitative estimate of drug-likeness (QED) is 0.830. The van der Waals surface area contributed by atoms with Crippen molar-refractivity contribution in [3.8, 4) is 5.75 Å². The van der Waals surface area contributed by atoms with Crippen molar-refractivity contribution in [1.82, 2.24) is 15.8 Å². The first-order valence-corrected chi connectivity index (χ1v) is 7.37. The Bertz CT molecular complexity index is 657. The van der Waals surface area contributed by atoms with Crippen LogP contribution in [0.15, 0.2) is 48.8 Å². The largest absolute Gasteiger partial charge is 0.491 e. The first-order chi connectivity index (χ1) is 11.1. The molecule has 0 aliphatic rings. The van der Waals surface area contributed by atoms with Gasteiger partial charge in [-0.15, -0.1) is 0 Å². The summed E-state index contributed by atoms with van der Waals surface area (Å²) in [5, 5.41) is 0. The van der Waals surface area contributed by atoms with E-state index in [1.165, 1.54) is 12.4 Å². The van der Waals surface area contributed by atoms with E-state index in [-0.39, 0.29) is 6.10 Å². The van der Waals surface area contributed by atoms with Crippen molar-refractivity contribution in [2.75, 3.05) is 0 Å². The predicted octanol–water partition coefficient (Wildman–Crippen LogP) is 2.33. The third-order valence-corrected chi connectivity index (χ3v) is 3.26. The lowest BCUT2D eigenvalue weighted by Crippen LogP contribution is -2.41. The monoisotopic (exact) mass is 313 g/mol. The molecular weight excluding hydrogens is 294 g/mol. The van der Waals surface area contributed by atoms with E-state index in [1.54, 1.807) is 36.4 Å². The number of nitrogens with zero attached hydrogens (tertiary/aromatic N) is 1. The molecule has 1 atom stereocenters. The van der Waals surface area contributed by atoms with Gasteiger partial charge in [0.25, 0.3) is 11.8 Å². The van der Waals surface area contributed by atoms with Gasteiger partial charge in [-0.3, -0.25) is 25.4 Å². The summed E-state index contributed by atoms with van der Waals surface area (Å²) in [5.74, 6) is -0.100. The van der Waals surface area contributed by atoms with Gasteiger partial charge in [-0.2, -0.15) is 0 Å². The molecule has 0 unspecified atom stereocenters. The van der Waals surface area contributed by atoms with Crippen LogP contribution in [-0.2, 0) is 0 Å². The molecule has 6 heteroatoms. The number of rotatable bonds is 5. The number of nitrogens with one attached hydrogen (secondary N) is 2. The second-order valence-electron chi connectivity index (χ2n) is 5.01. The molecule has 0 radical (unpaired) electrons. The molecule has 120 valence electrons. The van der Waals surface area contributed by atoms with Gasteiger partial charge in [0.2, 0.25) is 0 Å². The van der Waals surface area contributed by atoms with Gasteiger partial charge < -0.3 is 4.74 Å². The molecule has 0 aliphatic heterocycles. The van der Waals surface area contributed by atoms with Crippen LogP contribution in [0.1, 0.15) is 41.0 Å². The Balaban J connectivity index is 1.89. The minimum Gasteiger partial charge on any atom is -0.491 e. The summed E-state index contributed by atoms with van der Waals surface area (Å²) >= 11 is 0. The minimum atomic E-state index is -0.405. The SMILES string of the molecule is CC[C@@H](C)Oc1ccc(C(=O)NNC(=O)c2ccncc2)cc1. The van der Waals surface area contributed by atoms with Gasteiger partial charge in [0.15, 0.2) is 0 Å². The third kappa shape index (κ3) is 4.81. The highest BCUT2D eigenvalue weighted by molar-refractivity contribution is 5.99. The van der Waals surface area contributed by atoms with Crippen LogP contribution in [0.2, 0.25) is 0 Å². The fourth-order valence-corrected chi connectivity index (χ4v) is 1.76. The van der Waals surface area contributed by atoms with E-state index in [0.29, 0.717) is 16.9 Å². The number of hydrazine groups is 1. The van der Waals surface area contributed by atoms with Crippen molar-refractivity contribution >= 4 is 11.8 Å². The zero-order valence-corrected chi connectivity index (χ0v) is 13.1. The maximum absolute atomic E-state index is 12.0. The number of carbonyl (C=O) groups excluding carboxylic acids is 2. The second kappa shape index (κ2) is 7.93. The van der Waals surface area contributed by atoms with Crippen LogP contribution < -0.4 is 15.6 Å². The molecule has 1 heterocycles. The summed E-state index contributed by atoms with van der Waals surface area (Å²) in [6.07, 6.45) is 4.04. The molecule has 0 saturated heterocycles. The van der Waals surface area contributed by atoms with Crippen LogP contribution in [0.5, 0.6) is 5.75 Å².